The zero-order valence-corrected chi connectivity index (χ0v) is 4.86. The number of rotatable bonds is 0. The summed E-state index contributed by atoms with van der Waals surface area (Å²) in [5, 5.41) is 0. The molecule has 0 aliphatic rings. The first-order valence-corrected chi connectivity index (χ1v) is 4.96. The first kappa shape index (κ1) is 10.4. The van der Waals surface area contributed by atoms with Crippen LogP contribution < -0.4 is 0 Å². The third kappa shape index (κ3) is 21.6. The van der Waals surface area contributed by atoms with E-state index in [9.17, 15) is 0 Å². The molecule has 0 aliphatic carbocycles. The molecule has 5 heteroatoms. The average Bonchev–Trinajstić information content (AvgIpc) is 0.811. The Bertz CT molecular complexity index is 11.6. The van der Waals surface area contributed by atoms with Crippen LogP contribution in [0.1, 0.15) is 0 Å². The van der Waals surface area contributed by atoms with Gasteiger partial charge in [0, 0.05) is 0 Å². The molecule has 0 amide bonds. The van der Waals surface area contributed by atoms with Gasteiger partial charge >= 0.3 is 71.0 Å². The number of hydrogen-bond donors (Lipinski definition) is 0. The van der Waals surface area contributed by atoms with Crippen molar-refractivity contribution in [3.8, 4) is 0 Å². The molecule has 0 unspecified atom stereocenters. The zero-order chi connectivity index (χ0) is 3.58. The molecule has 0 nitrogen and oxygen atoms in total. The van der Waals surface area contributed by atoms with Crippen LogP contribution in [0.5, 0.6) is 0 Å². The second-order valence-corrected chi connectivity index (χ2v) is 5.62. The average molecular weight is 186 g/mol. The van der Waals surface area contributed by atoms with E-state index < -0.39 is 11.2 Å². The summed E-state index contributed by atoms with van der Waals surface area (Å²) in [6, 6.07) is 0. The molecule has 0 saturated heterocycles. The van der Waals surface area contributed by atoms with Gasteiger partial charge in [0.2, 0.25) is 0 Å². The SMILES string of the molecule is [Cl][Fe]([Cl])[Cl].[NaH]. The van der Waals surface area contributed by atoms with E-state index in [4.69, 9.17) is 30.3 Å². The first-order chi connectivity index (χ1) is 1.73. The van der Waals surface area contributed by atoms with Gasteiger partial charge in [-0.15, -0.1) is 0 Å². The van der Waals surface area contributed by atoms with Crippen LogP contribution in [0.25, 0.3) is 0 Å². The van der Waals surface area contributed by atoms with E-state index in [1.54, 1.807) is 0 Å². The van der Waals surface area contributed by atoms with Gasteiger partial charge in [-0.2, -0.15) is 0 Å². The van der Waals surface area contributed by atoms with Crippen LogP contribution in [0, 0.1) is 0 Å². The molecule has 0 radical (unpaired) electrons. The summed E-state index contributed by atoms with van der Waals surface area (Å²) in [5.41, 5.74) is 0. The Morgan fingerprint density at radius 3 is 1.00 bits per heavy atom. The second kappa shape index (κ2) is 6.39. The first-order valence-electron chi connectivity index (χ1n) is 0.401. The van der Waals surface area contributed by atoms with E-state index in [0.717, 1.165) is 0 Å². The molecule has 0 bridgehead atoms. The Morgan fingerprint density at radius 2 is 1.00 bits per heavy atom. The fraction of sp³-hybridized carbons (Fsp3) is 0. The monoisotopic (exact) mass is 185 g/mol. The molecule has 0 spiro atoms. The molecule has 0 aliphatic heterocycles. The normalized spacial score (nSPS) is 9.00. The quantitative estimate of drug-likeness (QED) is 0.502. The summed E-state index contributed by atoms with van der Waals surface area (Å²) in [6.07, 6.45) is 0. The van der Waals surface area contributed by atoms with Crippen LogP contribution in [0.3, 0.4) is 0 Å². The molecule has 0 atom stereocenters. The van der Waals surface area contributed by atoms with Gasteiger partial charge in [-0.25, -0.2) is 0 Å². The molecule has 0 aromatic carbocycles. The fourth-order valence-corrected chi connectivity index (χ4v) is 0. The maximum absolute atomic E-state index is 4.89. The maximum atomic E-state index is 4.89. The van der Waals surface area contributed by atoms with E-state index in [-0.39, 0.29) is 29.6 Å². The molecule has 0 aromatic heterocycles. The van der Waals surface area contributed by atoms with Crippen LogP contribution in [0.4, 0.5) is 0 Å². The van der Waals surface area contributed by atoms with Crippen LogP contribution in [-0.4, -0.2) is 29.6 Å². The topological polar surface area (TPSA) is 0 Å². The summed E-state index contributed by atoms with van der Waals surface area (Å²) < 4.78 is 0. The third-order valence-electron chi connectivity index (χ3n) is 0. The summed E-state index contributed by atoms with van der Waals surface area (Å²) in [6.45, 7) is 0. The van der Waals surface area contributed by atoms with Crippen molar-refractivity contribution >= 4 is 59.9 Å². The molecule has 5 heavy (non-hydrogen) atoms. The minimum atomic E-state index is -1.33. The van der Waals surface area contributed by atoms with Gasteiger partial charge < -0.3 is 0 Å². The van der Waals surface area contributed by atoms with E-state index in [2.05, 4.69) is 0 Å². The Hall–Kier alpha value is 2.39. The molecule has 31 valence electrons. The minimum absolute atomic E-state index is 0. The van der Waals surface area contributed by atoms with Crippen LogP contribution in [0.15, 0.2) is 0 Å². The standard InChI is InChI=1S/3ClH.Fe.Na.H/h3*1H;;;/q;;;+3;;/p-3. The molecule has 0 aromatic rings. The summed E-state index contributed by atoms with van der Waals surface area (Å²) in [7, 11) is 14.7. The van der Waals surface area contributed by atoms with E-state index in [0.29, 0.717) is 0 Å². The Balaban J connectivity index is 0. The van der Waals surface area contributed by atoms with Crippen molar-refractivity contribution in [3.63, 3.8) is 0 Å². The zero-order valence-electron chi connectivity index (χ0n) is 1.49. The molecule has 0 saturated carbocycles. The summed E-state index contributed by atoms with van der Waals surface area (Å²) >= 11 is -1.33. The predicted octanol–water partition coefficient (Wildman–Crippen LogP) is 1.42. The molecule has 0 N–H and O–H groups in total. The number of hydrogen-bond acceptors (Lipinski definition) is 0. The van der Waals surface area contributed by atoms with Crippen LogP contribution in [-0.2, 0) is 11.2 Å². The summed E-state index contributed by atoms with van der Waals surface area (Å²) in [5.74, 6) is 0. The molecular formula is HCl3FeNa. The van der Waals surface area contributed by atoms with Gasteiger partial charge in [0.05, 0.1) is 0 Å². The predicted molar refractivity (Wildman–Crippen MR) is 24.7 cm³/mol. The fourth-order valence-electron chi connectivity index (χ4n) is 0. The Kier molecular flexibility index (Phi) is 13.3. The van der Waals surface area contributed by atoms with Gasteiger partial charge in [0.1, 0.15) is 0 Å². The molecule has 0 rings (SSSR count). The van der Waals surface area contributed by atoms with Crippen molar-refractivity contribution in [2.45, 2.75) is 0 Å². The van der Waals surface area contributed by atoms with Gasteiger partial charge in [-0.05, 0) is 0 Å². The van der Waals surface area contributed by atoms with Gasteiger partial charge in [0.15, 0.2) is 0 Å². The van der Waals surface area contributed by atoms with Crippen molar-refractivity contribution in [3.05, 3.63) is 0 Å². The van der Waals surface area contributed by atoms with E-state index in [1.807, 2.05) is 0 Å². The van der Waals surface area contributed by atoms with Crippen molar-refractivity contribution < 1.29 is 11.2 Å². The van der Waals surface area contributed by atoms with E-state index in [1.165, 1.54) is 0 Å². The van der Waals surface area contributed by atoms with Crippen LogP contribution in [0.2, 0.25) is 0 Å². The van der Waals surface area contributed by atoms with Gasteiger partial charge in [-0.1, -0.05) is 0 Å². The van der Waals surface area contributed by atoms with Crippen molar-refractivity contribution in [1.82, 2.24) is 0 Å². The molecular weight excluding hydrogens is 185 g/mol. The third-order valence-corrected chi connectivity index (χ3v) is 0. The Morgan fingerprint density at radius 1 is 1.00 bits per heavy atom. The van der Waals surface area contributed by atoms with Crippen molar-refractivity contribution in [2.75, 3.05) is 0 Å². The second-order valence-electron chi connectivity index (χ2n) is 0.152. The Labute approximate surface area is 70.0 Å². The molecule has 0 heterocycles. The van der Waals surface area contributed by atoms with Crippen molar-refractivity contribution in [1.29, 1.82) is 0 Å². The van der Waals surface area contributed by atoms with Gasteiger partial charge in [-0.3, -0.25) is 0 Å². The molecule has 0 fully saturated rings. The van der Waals surface area contributed by atoms with Crippen molar-refractivity contribution in [2.24, 2.45) is 0 Å². The van der Waals surface area contributed by atoms with Gasteiger partial charge in [0.25, 0.3) is 0 Å². The van der Waals surface area contributed by atoms with Crippen LogP contribution >= 0.6 is 30.3 Å². The number of halogens is 3. The van der Waals surface area contributed by atoms with E-state index >= 15 is 0 Å². The summed E-state index contributed by atoms with van der Waals surface area (Å²) in [4.78, 5) is 0.